The first-order chi connectivity index (χ1) is 12.5. The lowest BCUT2D eigenvalue weighted by molar-refractivity contribution is 0.0982. The van der Waals surface area contributed by atoms with Crippen molar-refractivity contribution in [2.45, 2.75) is 31.9 Å². The lowest BCUT2D eigenvalue weighted by Crippen LogP contribution is -1.99. The Kier molecular flexibility index (Phi) is 5.83. The van der Waals surface area contributed by atoms with E-state index in [1.165, 1.54) is 47.2 Å². The number of carbonyl (C=O) groups is 1. The Labute approximate surface area is 155 Å². The zero-order valence-electron chi connectivity index (χ0n) is 14.7. The Morgan fingerprint density at radius 3 is 2.58 bits per heavy atom. The van der Waals surface area contributed by atoms with Gasteiger partial charge in [0.1, 0.15) is 5.82 Å². The number of aromatic nitrogens is 2. The van der Waals surface area contributed by atoms with Crippen molar-refractivity contribution in [2.24, 2.45) is 0 Å². The molecule has 2 aromatic carbocycles. The van der Waals surface area contributed by atoms with E-state index in [0.29, 0.717) is 35.3 Å². The molecule has 134 valence electrons. The van der Waals surface area contributed by atoms with Gasteiger partial charge in [0.25, 0.3) is 5.22 Å². The molecule has 0 spiro atoms. The minimum Gasteiger partial charge on any atom is -0.411 e. The molecule has 3 aromatic rings. The molecule has 0 atom stereocenters. The first-order valence-electron chi connectivity index (χ1n) is 8.35. The molecule has 1 heterocycles. The Balaban J connectivity index is 1.50. The monoisotopic (exact) mass is 370 g/mol. The Bertz CT molecular complexity index is 906. The zero-order valence-corrected chi connectivity index (χ0v) is 15.5. The number of rotatable bonds is 7. The molecule has 0 fully saturated rings. The van der Waals surface area contributed by atoms with Crippen LogP contribution < -0.4 is 0 Å². The number of hydrogen-bond donors (Lipinski definition) is 0. The quantitative estimate of drug-likeness (QED) is 0.323. The normalized spacial score (nSPS) is 10.9. The highest BCUT2D eigenvalue weighted by Crippen LogP contribution is 2.25. The van der Waals surface area contributed by atoms with Gasteiger partial charge in [-0.1, -0.05) is 17.8 Å². The largest absolute Gasteiger partial charge is 0.411 e. The molecule has 0 bridgehead atoms. The van der Waals surface area contributed by atoms with Gasteiger partial charge in [0, 0.05) is 23.3 Å². The van der Waals surface area contributed by atoms with Gasteiger partial charge < -0.3 is 4.42 Å². The number of thioether (sulfide) groups is 1. The molecule has 4 nitrogen and oxygen atoms in total. The molecule has 0 aliphatic heterocycles. The first-order valence-corrected chi connectivity index (χ1v) is 9.34. The van der Waals surface area contributed by atoms with Gasteiger partial charge in [-0.2, -0.15) is 0 Å². The molecule has 0 N–H and O–H groups in total. The number of benzene rings is 2. The van der Waals surface area contributed by atoms with Crippen molar-refractivity contribution in [1.82, 2.24) is 10.2 Å². The highest BCUT2D eigenvalue weighted by Gasteiger charge is 2.11. The fraction of sp³-hybridized carbons (Fsp3) is 0.250. The molecule has 0 unspecified atom stereocenters. The van der Waals surface area contributed by atoms with E-state index in [1.807, 2.05) is 25.1 Å². The molecule has 0 aliphatic carbocycles. The summed E-state index contributed by atoms with van der Waals surface area (Å²) in [6.45, 7) is 4.10. The van der Waals surface area contributed by atoms with E-state index in [2.05, 4.69) is 17.1 Å². The molecule has 0 amide bonds. The lowest BCUT2D eigenvalue weighted by atomic mass is 10.1. The average molecular weight is 370 g/mol. The lowest BCUT2D eigenvalue weighted by Gasteiger charge is -2.01. The van der Waals surface area contributed by atoms with Gasteiger partial charge in [0.05, 0.1) is 0 Å². The minimum atomic E-state index is -0.340. The van der Waals surface area contributed by atoms with Gasteiger partial charge in [0.15, 0.2) is 5.78 Å². The van der Waals surface area contributed by atoms with Crippen LogP contribution in [0, 0.1) is 19.7 Å². The van der Waals surface area contributed by atoms with Gasteiger partial charge >= 0.3 is 0 Å². The molecule has 6 heteroatoms. The third-order valence-electron chi connectivity index (χ3n) is 4.10. The van der Waals surface area contributed by atoms with Gasteiger partial charge in [-0.05, 0) is 67.8 Å². The second kappa shape index (κ2) is 8.27. The van der Waals surface area contributed by atoms with Gasteiger partial charge in [-0.15, -0.1) is 10.2 Å². The van der Waals surface area contributed by atoms with Crippen molar-refractivity contribution < 1.29 is 13.6 Å². The molecule has 0 aliphatic rings. The Morgan fingerprint density at radius 1 is 1.08 bits per heavy atom. The summed E-state index contributed by atoms with van der Waals surface area (Å²) < 4.78 is 18.6. The predicted molar refractivity (Wildman–Crippen MR) is 99.9 cm³/mol. The van der Waals surface area contributed by atoms with Crippen molar-refractivity contribution >= 4 is 17.5 Å². The number of ketones is 1. The molecule has 26 heavy (non-hydrogen) atoms. The van der Waals surface area contributed by atoms with Crippen molar-refractivity contribution in [2.75, 3.05) is 5.75 Å². The van der Waals surface area contributed by atoms with Crippen molar-refractivity contribution in [3.8, 4) is 11.5 Å². The summed E-state index contributed by atoms with van der Waals surface area (Å²) in [6.07, 6.45) is 1.08. The van der Waals surface area contributed by atoms with E-state index < -0.39 is 0 Å². The van der Waals surface area contributed by atoms with Crippen LogP contribution in [0.4, 0.5) is 4.39 Å². The van der Waals surface area contributed by atoms with Gasteiger partial charge in [-0.25, -0.2) is 4.39 Å². The van der Waals surface area contributed by atoms with Gasteiger partial charge in [-0.3, -0.25) is 4.79 Å². The van der Waals surface area contributed by atoms with E-state index in [9.17, 15) is 9.18 Å². The smallest absolute Gasteiger partial charge is 0.276 e. The second-order valence-electron chi connectivity index (χ2n) is 6.05. The molecule has 3 rings (SSSR count). The molecule has 0 saturated heterocycles. The van der Waals surface area contributed by atoms with E-state index in [1.54, 1.807) is 0 Å². The summed E-state index contributed by atoms with van der Waals surface area (Å²) in [5.41, 5.74) is 3.83. The maximum Gasteiger partial charge on any atom is 0.276 e. The summed E-state index contributed by atoms with van der Waals surface area (Å²) in [4.78, 5) is 12.0. The second-order valence-corrected chi connectivity index (χ2v) is 7.10. The summed E-state index contributed by atoms with van der Waals surface area (Å²) in [6, 6.07) is 11.6. The number of aryl methyl sites for hydroxylation is 2. The van der Waals surface area contributed by atoms with Crippen LogP contribution in [-0.4, -0.2) is 21.7 Å². The Hall–Kier alpha value is -2.47. The fourth-order valence-corrected chi connectivity index (χ4v) is 3.13. The van der Waals surface area contributed by atoms with Crippen LogP contribution in [0.3, 0.4) is 0 Å². The SMILES string of the molecule is Cc1ccc(-c2nnc(SCCCC(=O)c3ccc(F)cc3)o2)cc1C. The van der Waals surface area contributed by atoms with Crippen LogP contribution in [0.1, 0.15) is 34.3 Å². The summed E-state index contributed by atoms with van der Waals surface area (Å²) in [7, 11) is 0. The molecule has 0 radical (unpaired) electrons. The van der Waals surface area contributed by atoms with Crippen LogP contribution in [-0.2, 0) is 0 Å². The van der Waals surface area contributed by atoms with Crippen LogP contribution >= 0.6 is 11.8 Å². The maximum absolute atomic E-state index is 12.9. The molecular weight excluding hydrogens is 351 g/mol. The van der Waals surface area contributed by atoms with Gasteiger partial charge in [0.2, 0.25) is 5.89 Å². The van der Waals surface area contributed by atoms with Crippen LogP contribution in [0.5, 0.6) is 0 Å². The zero-order chi connectivity index (χ0) is 18.5. The number of carbonyl (C=O) groups excluding carboxylic acids is 1. The molecular formula is C20H19FN2O2S. The van der Waals surface area contributed by atoms with E-state index in [4.69, 9.17) is 4.42 Å². The van der Waals surface area contributed by atoms with Crippen molar-refractivity contribution in [1.29, 1.82) is 0 Å². The van der Waals surface area contributed by atoms with E-state index in [-0.39, 0.29) is 11.6 Å². The number of halogens is 1. The van der Waals surface area contributed by atoms with Crippen LogP contribution in [0.25, 0.3) is 11.5 Å². The van der Waals surface area contributed by atoms with Crippen molar-refractivity contribution in [3.05, 3.63) is 65.0 Å². The molecule has 0 saturated carbocycles. The third kappa shape index (κ3) is 4.58. The highest BCUT2D eigenvalue weighted by molar-refractivity contribution is 7.99. The topological polar surface area (TPSA) is 56.0 Å². The number of nitrogens with zero attached hydrogens (tertiary/aromatic N) is 2. The van der Waals surface area contributed by atoms with Crippen LogP contribution in [0.2, 0.25) is 0 Å². The minimum absolute atomic E-state index is 0.00643. The third-order valence-corrected chi connectivity index (χ3v) is 5.00. The van der Waals surface area contributed by atoms with Crippen molar-refractivity contribution in [3.63, 3.8) is 0 Å². The summed E-state index contributed by atoms with van der Waals surface area (Å²) >= 11 is 1.43. The van der Waals surface area contributed by atoms with Crippen LogP contribution in [0.15, 0.2) is 52.1 Å². The molecule has 1 aromatic heterocycles. The number of hydrogen-bond acceptors (Lipinski definition) is 5. The first kappa shape index (κ1) is 18.3. The maximum atomic E-state index is 12.9. The highest BCUT2D eigenvalue weighted by atomic mass is 32.2. The number of Topliss-reactive ketones (excluding diaryl/α,β-unsaturated/α-hetero) is 1. The fourth-order valence-electron chi connectivity index (χ4n) is 2.43. The Morgan fingerprint density at radius 2 is 1.85 bits per heavy atom. The summed E-state index contributed by atoms with van der Waals surface area (Å²) in [5, 5.41) is 8.63. The standard InChI is InChI=1S/C20H19FN2O2S/c1-13-5-6-16(12-14(13)2)19-22-23-20(25-19)26-11-3-4-18(24)15-7-9-17(21)10-8-15/h5-10,12H,3-4,11H2,1-2H3. The predicted octanol–water partition coefficient (Wildman–Crippen LogP) is 5.25. The van der Waals surface area contributed by atoms with E-state index >= 15 is 0 Å². The van der Waals surface area contributed by atoms with E-state index in [0.717, 1.165) is 5.56 Å². The summed E-state index contributed by atoms with van der Waals surface area (Å²) in [5.74, 6) is 0.861. The average Bonchev–Trinajstić information content (AvgIpc) is 3.10.